The molecule has 8 heteroatoms. The van der Waals surface area contributed by atoms with Crippen molar-refractivity contribution in [2.45, 2.75) is 19.8 Å². The van der Waals surface area contributed by atoms with Crippen molar-refractivity contribution in [3.63, 3.8) is 0 Å². The number of hydrogen-bond donors (Lipinski definition) is 3. The number of amides is 1. The van der Waals surface area contributed by atoms with Crippen LogP contribution in [-0.4, -0.2) is 31.2 Å². The molecular formula is C20H23ClN4O2S. The zero-order valence-corrected chi connectivity index (χ0v) is 17.4. The molecular weight excluding hydrogens is 396 g/mol. The van der Waals surface area contributed by atoms with E-state index in [2.05, 4.69) is 20.9 Å². The number of anilines is 4. The molecule has 6 nitrogen and oxygen atoms in total. The number of hydrogen-bond acceptors (Lipinski definition) is 4. The lowest BCUT2D eigenvalue weighted by Gasteiger charge is -2.23. The summed E-state index contributed by atoms with van der Waals surface area (Å²) < 4.78 is 5.37. The lowest BCUT2D eigenvalue weighted by atomic mass is 10.2. The van der Waals surface area contributed by atoms with Gasteiger partial charge >= 0.3 is 0 Å². The molecule has 0 spiro atoms. The summed E-state index contributed by atoms with van der Waals surface area (Å²) >= 11 is 11.8. The third-order valence-electron chi connectivity index (χ3n) is 4.43. The topological polar surface area (TPSA) is 65.6 Å². The molecule has 0 aliphatic carbocycles. The fourth-order valence-electron chi connectivity index (χ4n) is 3.14. The fraction of sp³-hybridized carbons (Fsp3) is 0.300. The third kappa shape index (κ3) is 5.05. The molecule has 0 atom stereocenters. The van der Waals surface area contributed by atoms with Crippen molar-refractivity contribution in [3.8, 4) is 5.75 Å². The van der Waals surface area contributed by atoms with Crippen LogP contribution in [0.15, 0.2) is 36.4 Å². The van der Waals surface area contributed by atoms with E-state index in [1.54, 1.807) is 7.11 Å². The van der Waals surface area contributed by atoms with Gasteiger partial charge in [0.1, 0.15) is 5.75 Å². The largest absolute Gasteiger partial charge is 0.495 e. The van der Waals surface area contributed by atoms with Gasteiger partial charge in [0.05, 0.1) is 23.5 Å². The van der Waals surface area contributed by atoms with Crippen LogP contribution in [0.4, 0.5) is 22.7 Å². The van der Waals surface area contributed by atoms with Crippen molar-refractivity contribution in [1.82, 2.24) is 0 Å². The van der Waals surface area contributed by atoms with Gasteiger partial charge in [0.25, 0.3) is 0 Å². The predicted octanol–water partition coefficient (Wildman–Crippen LogP) is 4.72. The Hall–Kier alpha value is -2.51. The fourth-order valence-corrected chi connectivity index (χ4v) is 3.61. The summed E-state index contributed by atoms with van der Waals surface area (Å²) in [4.78, 5) is 13.4. The number of nitrogens with one attached hydrogen (secondary N) is 3. The second kappa shape index (κ2) is 9.12. The van der Waals surface area contributed by atoms with E-state index in [1.807, 2.05) is 36.4 Å². The standard InChI is InChI=1S/C20H23ClN4O2S/c1-13(26)22-14-5-7-15(8-6-14)23-20(28)24-17-11-16(21)19(27-2)12-18(17)25-9-3-4-10-25/h5-8,11-12H,3-4,9-10H2,1-2H3,(H,22,26)(H2,23,24,28). The molecule has 1 aliphatic rings. The van der Waals surface area contributed by atoms with Gasteiger partial charge in [-0.25, -0.2) is 0 Å². The summed E-state index contributed by atoms with van der Waals surface area (Å²) in [5, 5.41) is 10.1. The van der Waals surface area contributed by atoms with Crippen molar-refractivity contribution in [2.75, 3.05) is 41.0 Å². The first-order chi connectivity index (χ1) is 13.5. The van der Waals surface area contributed by atoms with Gasteiger partial charge in [0, 0.05) is 37.5 Å². The summed E-state index contributed by atoms with van der Waals surface area (Å²) in [6.07, 6.45) is 2.32. The number of thiocarbonyl (C=S) groups is 1. The molecule has 0 saturated carbocycles. The van der Waals surface area contributed by atoms with Crippen LogP contribution in [0.1, 0.15) is 19.8 Å². The van der Waals surface area contributed by atoms with E-state index in [-0.39, 0.29) is 5.91 Å². The van der Waals surface area contributed by atoms with Gasteiger partial charge in [-0.2, -0.15) is 0 Å². The van der Waals surface area contributed by atoms with E-state index in [0.717, 1.165) is 48.7 Å². The van der Waals surface area contributed by atoms with Gasteiger partial charge in [-0.3, -0.25) is 4.79 Å². The number of carbonyl (C=O) groups excluding carboxylic acids is 1. The second-order valence-corrected chi connectivity index (χ2v) is 7.35. The molecule has 3 N–H and O–H groups in total. The maximum atomic E-state index is 11.1. The summed E-state index contributed by atoms with van der Waals surface area (Å²) in [5.74, 6) is 0.533. The monoisotopic (exact) mass is 418 g/mol. The molecule has 1 saturated heterocycles. The highest BCUT2D eigenvalue weighted by atomic mass is 35.5. The first-order valence-corrected chi connectivity index (χ1v) is 9.83. The average Bonchev–Trinajstić information content (AvgIpc) is 3.17. The van der Waals surface area contributed by atoms with Crippen LogP contribution in [0.5, 0.6) is 5.75 Å². The van der Waals surface area contributed by atoms with Gasteiger partial charge in [0.15, 0.2) is 5.11 Å². The Bertz CT molecular complexity index is 867. The molecule has 2 aromatic rings. The van der Waals surface area contributed by atoms with E-state index in [0.29, 0.717) is 15.9 Å². The van der Waals surface area contributed by atoms with Gasteiger partial charge in [-0.05, 0) is 55.4 Å². The molecule has 3 rings (SSSR count). The van der Waals surface area contributed by atoms with Crippen LogP contribution in [0.25, 0.3) is 0 Å². The van der Waals surface area contributed by atoms with Gasteiger partial charge in [0.2, 0.25) is 5.91 Å². The molecule has 1 amide bonds. The van der Waals surface area contributed by atoms with Crippen molar-refractivity contribution >= 4 is 57.6 Å². The van der Waals surface area contributed by atoms with Crippen molar-refractivity contribution in [3.05, 3.63) is 41.4 Å². The Balaban J connectivity index is 1.74. The smallest absolute Gasteiger partial charge is 0.221 e. The zero-order chi connectivity index (χ0) is 20.1. The van der Waals surface area contributed by atoms with Gasteiger partial charge < -0.3 is 25.6 Å². The number of methoxy groups -OCH3 is 1. The van der Waals surface area contributed by atoms with Gasteiger partial charge in [-0.15, -0.1) is 0 Å². The van der Waals surface area contributed by atoms with E-state index in [1.165, 1.54) is 6.92 Å². The maximum Gasteiger partial charge on any atom is 0.221 e. The summed E-state index contributed by atoms with van der Waals surface area (Å²) in [5.41, 5.74) is 3.40. The van der Waals surface area contributed by atoms with Crippen molar-refractivity contribution < 1.29 is 9.53 Å². The van der Waals surface area contributed by atoms with E-state index >= 15 is 0 Å². The molecule has 2 aromatic carbocycles. The number of nitrogens with zero attached hydrogens (tertiary/aromatic N) is 1. The van der Waals surface area contributed by atoms with Crippen molar-refractivity contribution in [2.24, 2.45) is 0 Å². The van der Waals surface area contributed by atoms with Crippen LogP contribution in [0, 0.1) is 0 Å². The maximum absolute atomic E-state index is 11.1. The Morgan fingerprint density at radius 3 is 2.25 bits per heavy atom. The number of ether oxygens (including phenoxy) is 1. The second-order valence-electron chi connectivity index (χ2n) is 6.54. The quantitative estimate of drug-likeness (QED) is 0.611. The first kappa shape index (κ1) is 20.2. The highest BCUT2D eigenvalue weighted by Crippen LogP contribution is 2.38. The van der Waals surface area contributed by atoms with E-state index in [9.17, 15) is 4.79 Å². The Labute approximate surface area is 175 Å². The number of carbonyl (C=O) groups is 1. The van der Waals surface area contributed by atoms with E-state index < -0.39 is 0 Å². The molecule has 28 heavy (non-hydrogen) atoms. The predicted molar refractivity (Wildman–Crippen MR) is 120 cm³/mol. The average molecular weight is 419 g/mol. The zero-order valence-electron chi connectivity index (χ0n) is 15.8. The third-order valence-corrected chi connectivity index (χ3v) is 4.93. The van der Waals surface area contributed by atoms with Crippen LogP contribution in [0.3, 0.4) is 0 Å². The van der Waals surface area contributed by atoms with Crippen LogP contribution < -0.4 is 25.6 Å². The molecule has 0 bridgehead atoms. The highest BCUT2D eigenvalue weighted by Gasteiger charge is 2.19. The summed E-state index contributed by atoms with van der Waals surface area (Å²) in [7, 11) is 1.61. The Morgan fingerprint density at radius 1 is 1.07 bits per heavy atom. The number of rotatable bonds is 5. The molecule has 1 aliphatic heterocycles. The van der Waals surface area contributed by atoms with Gasteiger partial charge in [-0.1, -0.05) is 11.6 Å². The first-order valence-electron chi connectivity index (χ1n) is 9.04. The highest BCUT2D eigenvalue weighted by molar-refractivity contribution is 7.80. The molecule has 1 heterocycles. The lowest BCUT2D eigenvalue weighted by molar-refractivity contribution is -0.114. The SMILES string of the molecule is COc1cc(N2CCCC2)c(NC(=S)Nc2ccc(NC(C)=O)cc2)cc1Cl. The van der Waals surface area contributed by atoms with E-state index in [4.69, 9.17) is 28.6 Å². The van der Waals surface area contributed by atoms with Crippen LogP contribution in [-0.2, 0) is 4.79 Å². The normalized spacial score (nSPS) is 13.2. The summed E-state index contributed by atoms with van der Waals surface area (Å²) in [6.45, 7) is 3.46. The van der Waals surface area contributed by atoms with Crippen LogP contribution >= 0.6 is 23.8 Å². The summed E-state index contributed by atoms with van der Waals surface area (Å²) in [6, 6.07) is 11.1. The molecule has 0 aromatic heterocycles. The number of halogens is 1. The number of benzene rings is 2. The minimum atomic E-state index is -0.108. The molecule has 1 fully saturated rings. The Morgan fingerprint density at radius 2 is 1.68 bits per heavy atom. The minimum absolute atomic E-state index is 0.108. The lowest BCUT2D eigenvalue weighted by Crippen LogP contribution is -2.23. The molecule has 148 valence electrons. The molecule has 0 unspecified atom stereocenters. The van der Waals surface area contributed by atoms with Crippen LogP contribution in [0.2, 0.25) is 5.02 Å². The molecule has 0 radical (unpaired) electrons. The van der Waals surface area contributed by atoms with Crippen molar-refractivity contribution in [1.29, 1.82) is 0 Å². The minimum Gasteiger partial charge on any atom is -0.495 e. The Kier molecular flexibility index (Phi) is 6.59.